The first-order chi connectivity index (χ1) is 14.6. The van der Waals surface area contributed by atoms with Gasteiger partial charge in [-0.1, -0.05) is 12.1 Å². The lowest BCUT2D eigenvalue weighted by molar-refractivity contribution is -0.00545. The number of anilines is 1. The molecule has 9 nitrogen and oxygen atoms in total. The molecular formula is C21H28N8O. The van der Waals surface area contributed by atoms with Crippen LogP contribution in [0.25, 0.3) is 5.65 Å². The van der Waals surface area contributed by atoms with E-state index in [0.717, 1.165) is 35.9 Å². The molecule has 0 aromatic carbocycles. The zero-order valence-electron chi connectivity index (χ0n) is 17.6. The molecule has 0 spiro atoms. The Kier molecular flexibility index (Phi) is 6.08. The van der Waals surface area contributed by atoms with Crippen LogP contribution < -0.4 is 15.5 Å². The van der Waals surface area contributed by atoms with E-state index in [-0.39, 0.29) is 12.2 Å². The van der Waals surface area contributed by atoms with Gasteiger partial charge in [-0.05, 0) is 37.6 Å². The summed E-state index contributed by atoms with van der Waals surface area (Å²) in [7, 11) is 1.75. The number of aromatic nitrogens is 4. The highest BCUT2D eigenvalue weighted by Crippen LogP contribution is 2.18. The Morgan fingerprint density at radius 3 is 2.63 bits per heavy atom. The zero-order valence-corrected chi connectivity index (χ0v) is 17.6. The van der Waals surface area contributed by atoms with Gasteiger partial charge in [0.05, 0.1) is 18.8 Å². The monoisotopic (exact) mass is 408 g/mol. The smallest absolute Gasteiger partial charge is 0.191 e. The largest absolute Gasteiger partial charge is 0.372 e. The molecule has 9 heteroatoms. The molecule has 1 saturated heterocycles. The van der Waals surface area contributed by atoms with E-state index in [9.17, 15) is 0 Å². The number of fused-ring (bicyclic) bond motifs is 1. The second-order valence-electron chi connectivity index (χ2n) is 7.51. The van der Waals surface area contributed by atoms with E-state index in [1.54, 1.807) is 7.05 Å². The third-order valence-electron chi connectivity index (χ3n) is 5.03. The van der Waals surface area contributed by atoms with E-state index < -0.39 is 0 Å². The summed E-state index contributed by atoms with van der Waals surface area (Å²) in [6.45, 7) is 7.08. The number of nitrogens with one attached hydrogen (secondary N) is 2. The van der Waals surface area contributed by atoms with Crippen molar-refractivity contribution in [1.82, 2.24) is 30.2 Å². The summed E-state index contributed by atoms with van der Waals surface area (Å²) in [4.78, 5) is 11.2. The van der Waals surface area contributed by atoms with Crippen LogP contribution >= 0.6 is 0 Å². The van der Waals surface area contributed by atoms with Crippen LogP contribution in [0.15, 0.2) is 47.7 Å². The Morgan fingerprint density at radius 1 is 1.10 bits per heavy atom. The Hall–Kier alpha value is -3.20. The van der Waals surface area contributed by atoms with Crippen LogP contribution in [0.1, 0.15) is 25.2 Å². The third kappa shape index (κ3) is 4.68. The second-order valence-corrected chi connectivity index (χ2v) is 7.51. The summed E-state index contributed by atoms with van der Waals surface area (Å²) in [5.41, 5.74) is 1.91. The molecule has 2 N–H and O–H groups in total. The topological polar surface area (TPSA) is 92.0 Å². The summed E-state index contributed by atoms with van der Waals surface area (Å²) < 4.78 is 7.76. The van der Waals surface area contributed by atoms with Crippen molar-refractivity contribution in [1.29, 1.82) is 0 Å². The molecule has 0 saturated carbocycles. The standard InChI is InChI=1S/C21H28N8O/c1-15-13-28(14-16(2)30-15)18-8-7-17(10-23-18)11-24-21(22-3)25-12-20-27-26-19-6-4-5-9-29(19)20/h4-10,15-16H,11-14H2,1-3H3,(H2,22,24,25). The lowest BCUT2D eigenvalue weighted by Gasteiger charge is -2.36. The van der Waals surface area contributed by atoms with E-state index in [2.05, 4.69) is 61.7 Å². The molecule has 4 heterocycles. The molecule has 3 aromatic heterocycles. The van der Waals surface area contributed by atoms with Gasteiger partial charge in [-0.3, -0.25) is 9.39 Å². The van der Waals surface area contributed by atoms with Crippen molar-refractivity contribution >= 4 is 17.4 Å². The van der Waals surface area contributed by atoms with Crippen molar-refractivity contribution in [2.45, 2.75) is 39.1 Å². The molecule has 2 atom stereocenters. The quantitative estimate of drug-likeness (QED) is 0.489. The summed E-state index contributed by atoms with van der Waals surface area (Å²) >= 11 is 0. The summed E-state index contributed by atoms with van der Waals surface area (Å²) in [5.74, 6) is 2.51. The van der Waals surface area contributed by atoms with E-state index in [1.807, 2.05) is 35.0 Å². The zero-order chi connectivity index (χ0) is 20.9. The number of hydrogen-bond donors (Lipinski definition) is 2. The van der Waals surface area contributed by atoms with Crippen LogP contribution in [0.3, 0.4) is 0 Å². The van der Waals surface area contributed by atoms with Gasteiger partial charge in [0, 0.05) is 39.1 Å². The van der Waals surface area contributed by atoms with Crippen LogP contribution in [-0.2, 0) is 17.8 Å². The Morgan fingerprint density at radius 2 is 1.90 bits per heavy atom. The normalized spacial score (nSPS) is 19.8. The summed E-state index contributed by atoms with van der Waals surface area (Å²) in [6.07, 6.45) is 4.29. The van der Waals surface area contributed by atoms with Crippen molar-refractivity contribution in [3.05, 3.63) is 54.1 Å². The maximum atomic E-state index is 5.80. The van der Waals surface area contributed by atoms with Gasteiger partial charge in [0.25, 0.3) is 0 Å². The minimum absolute atomic E-state index is 0.216. The molecule has 1 aliphatic rings. The van der Waals surface area contributed by atoms with Gasteiger partial charge >= 0.3 is 0 Å². The molecule has 0 bridgehead atoms. The number of guanidine groups is 1. The predicted octanol–water partition coefficient (Wildman–Crippen LogP) is 1.60. The fourth-order valence-electron chi connectivity index (χ4n) is 3.65. The molecule has 4 rings (SSSR count). The highest BCUT2D eigenvalue weighted by atomic mass is 16.5. The van der Waals surface area contributed by atoms with Crippen LogP contribution in [0.5, 0.6) is 0 Å². The van der Waals surface area contributed by atoms with Gasteiger partial charge in [-0.15, -0.1) is 10.2 Å². The minimum atomic E-state index is 0.216. The van der Waals surface area contributed by atoms with Gasteiger partial charge in [0.1, 0.15) is 5.82 Å². The number of nitrogens with zero attached hydrogens (tertiary/aromatic N) is 6. The fourth-order valence-corrected chi connectivity index (χ4v) is 3.65. The summed E-state index contributed by atoms with van der Waals surface area (Å²) in [5, 5.41) is 15.0. The molecule has 1 aliphatic heterocycles. The Labute approximate surface area is 176 Å². The number of hydrogen-bond acceptors (Lipinski definition) is 6. The maximum Gasteiger partial charge on any atom is 0.191 e. The second kappa shape index (κ2) is 9.08. The Balaban J connectivity index is 1.31. The lowest BCUT2D eigenvalue weighted by Crippen LogP contribution is -2.45. The number of ether oxygens (including phenoxy) is 1. The van der Waals surface area contributed by atoms with Crippen molar-refractivity contribution in [2.75, 3.05) is 25.0 Å². The number of pyridine rings is 2. The highest BCUT2D eigenvalue weighted by molar-refractivity contribution is 5.79. The van der Waals surface area contributed by atoms with Gasteiger partial charge in [-0.2, -0.15) is 0 Å². The van der Waals surface area contributed by atoms with Crippen LogP contribution in [-0.4, -0.2) is 57.9 Å². The highest BCUT2D eigenvalue weighted by Gasteiger charge is 2.22. The number of aliphatic imine (C=N–C) groups is 1. The number of rotatable bonds is 5. The molecule has 1 fully saturated rings. The minimum Gasteiger partial charge on any atom is -0.372 e. The van der Waals surface area contributed by atoms with E-state index in [0.29, 0.717) is 19.0 Å². The number of morpholine rings is 1. The molecule has 0 radical (unpaired) electrons. The van der Waals surface area contributed by atoms with Gasteiger partial charge in [0.15, 0.2) is 17.4 Å². The third-order valence-corrected chi connectivity index (χ3v) is 5.03. The molecule has 2 unspecified atom stereocenters. The fraction of sp³-hybridized carbons (Fsp3) is 0.429. The molecule has 0 aliphatic carbocycles. The van der Waals surface area contributed by atoms with Crippen molar-refractivity contribution in [3.63, 3.8) is 0 Å². The molecule has 0 amide bonds. The maximum absolute atomic E-state index is 5.80. The molecule has 3 aromatic rings. The average Bonchev–Trinajstić information content (AvgIpc) is 3.17. The van der Waals surface area contributed by atoms with E-state index in [1.165, 1.54) is 0 Å². The van der Waals surface area contributed by atoms with Crippen molar-refractivity contribution < 1.29 is 4.74 Å². The SMILES string of the molecule is CN=C(NCc1ccc(N2CC(C)OC(C)C2)nc1)NCc1nnc2ccccn12. The van der Waals surface area contributed by atoms with Gasteiger partial charge in [0.2, 0.25) is 0 Å². The predicted molar refractivity (Wildman–Crippen MR) is 116 cm³/mol. The van der Waals surface area contributed by atoms with E-state index in [4.69, 9.17) is 4.74 Å². The van der Waals surface area contributed by atoms with Crippen molar-refractivity contribution in [2.24, 2.45) is 4.99 Å². The first kappa shape index (κ1) is 20.1. The van der Waals surface area contributed by atoms with Crippen LogP contribution in [0.2, 0.25) is 0 Å². The van der Waals surface area contributed by atoms with Crippen LogP contribution in [0.4, 0.5) is 5.82 Å². The first-order valence-corrected chi connectivity index (χ1v) is 10.2. The van der Waals surface area contributed by atoms with Gasteiger partial charge < -0.3 is 20.3 Å². The molecule has 30 heavy (non-hydrogen) atoms. The summed E-state index contributed by atoms with van der Waals surface area (Å²) in [6, 6.07) is 10.0. The first-order valence-electron chi connectivity index (χ1n) is 10.2. The molecule has 158 valence electrons. The van der Waals surface area contributed by atoms with E-state index >= 15 is 0 Å². The Bertz CT molecular complexity index is 990. The average molecular weight is 409 g/mol. The molecular weight excluding hydrogens is 380 g/mol. The van der Waals surface area contributed by atoms with Gasteiger partial charge in [-0.25, -0.2) is 4.98 Å². The van der Waals surface area contributed by atoms with Crippen LogP contribution in [0, 0.1) is 0 Å². The lowest BCUT2D eigenvalue weighted by atomic mass is 10.2. The van der Waals surface area contributed by atoms with Crippen molar-refractivity contribution in [3.8, 4) is 0 Å².